The monoisotopic (exact) mass is 481 g/mol. The molecule has 2 atom stereocenters. The van der Waals surface area contributed by atoms with Crippen molar-refractivity contribution >= 4 is 23.7 Å². The summed E-state index contributed by atoms with van der Waals surface area (Å²) in [7, 11) is 0. The van der Waals surface area contributed by atoms with Crippen LogP contribution in [-0.2, 0) is 16.1 Å². The molecule has 1 saturated heterocycles. The van der Waals surface area contributed by atoms with E-state index in [-0.39, 0.29) is 48.4 Å². The van der Waals surface area contributed by atoms with E-state index >= 15 is 0 Å². The van der Waals surface area contributed by atoms with E-state index in [1.807, 2.05) is 26.0 Å². The molecule has 184 valence electrons. The number of nitrogens with zero attached hydrogens (tertiary/aromatic N) is 1. The van der Waals surface area contributed by atoms with Crippen molar-refractivity contribution in [2.24, 2.45) is 5.92 Å². The highest BCUT2D eigenvalue weighted by molar-refractivity contribution is 5.98. The molecule has 0 aliphatic carbocycles. The summed E-state index contributed by atoms with van der Waals surface area (Å²) in [5.74, 6) is -1.80. The summed E-state index contributed by atoms with van der Waals surface area (Å²) in [5, 5.41) is 15.1. The number of aromatic carboxylic acids is 1. The Morgan fingerprint density at radius 1 is 1.06 bits per heavy atom. The van der Waals surface area contributed by atoms with Crippen LogP contribution in [0.4, 0.5) is 0 Å². The smallest absolute Gasteiger partial charge is 0.335 e. The first-order valence-electron chi connectivity index (χ1n) is 11.3. The Bertz CT molecular complexity index is 1150. The zero-order valence-corrected chi connectivity index (χ0v) is 19.4. The number of fused-ring (bicyclic) bond motifs is 7. The average Bonchev–Trinajstić information content (AvgIpc) is 3.22. The maximum absolute atomic E-state index is 13.1. The summed E-state index contributed by atoms with van der Waals surface area (Å²) in [4.78, 5) is 51.2. The molecule has 5 rings (SSSR count). The van der Waals surface area contributed by atoms with Crippen LogP contribution in [0.15, 0.2) is 42.5 Å². The van der Waals surface area contributed by atoms with Crippen LogP contribution in [0, 0.1) is 5.92 Å². The lowest BCUT2D eigenvalue weighted by atomic mass is 10.1. The number of amides is 3. The van der Waals surface area contributed by atoms with Gasteiger partial charge >= 0.3 is 5.97 Å². The first-order chi connectivity index (χ1) is 16.7. The van der Waals surface area contributed by atoms with Gasteiger partial charge in [0.15, 0.2) is 6.61 Å². The lowest BCUT2D eigenvalue weighted by molar-refractivity contribution is -0.133. The fraction of sp³-hybridized carbons (Fsp3) is 0.360. The molecule has 3 N–H and O–H groups in total. The zero-order chi connectivity index (χ0) is 25.1. The van der Waals surface area contributed by atoms with Crippen molar-refractivity contribution in [1.29, 1.82) is 0 Å². The molecule has 0 radical (unpaired) electrons. The minimum Gasteiger partial charge on any atom is -0.486 e. The normalized spacial score (nSPS) is 20.3. The Balaban J connectivity index is 1.68. The van der Waals surface area contributed by atoms with Gasteiger partial charge in [0.2, 0.25) is 5.91 Å². The fourth-order valence-corrected chi connectivity index (χ4v) is 4.03. The molecule has 3 amide bonds. The molecule has 0 saturated carbocycles. The maximum Gasteiger partial charge on any atom is 0.335 e. The molecule has 0 aromatic heterocycles. The molecule has 2 aromatic carbocycles. The van der Waals surface area contributed by atoms with E-state index in [1.165, 1.54) is 18.2 Å². The van der Waals surface area contributed by atoms with Crippen molar-refractivity contribution in [2.75, 3.05) is 19.7 Å². The number of ether oxygens (including phenoxy) is 2. The standard InChI is InChI=1S/C25H27N3O7/c1-14(2)24(31)28-11-20-21(12-28)35-18-5-3-15(4-6-18)10-26-22(29)13-34-19-8-16(23(30)27-20)7-17(9-19)25(32)33/h3-9,14,20-21H,10-13H2,1-2H3,(H,26,29)(H,27,30)(H,32,33)/t20-,21-/m0/s1. The summed E-state index contributed by atoms with van der Waals surface area (Å²) < 4.78 is 11.6. The second-order valence-electron chi connectivity index (χ2n) is 8.89. The number of carbonyl (C=O) groups is 4. The van der Waals surface area contributed by atoms with Crippen molar-refractivity contribution in [3.8, 4) is 11.5 Å². The van der Waals surface area contributed by atoms with Gasteiger partial charge in [-0.25, -0.2) is 4.79 Å². The second-order valence-corrected chi connectivity index (χ2v) is 8.89. The topological polar surface area (TPSA) is 134 Å². The first-order valence-corrected chi connectivity index (χ1v) is 11.3. The average molecular weight is 482 g/mol. The number of hydrogen-bond acceptors (Lipinski definition) is 6. The van der Waals surface area contributed by atoms with Gasteiger partial charge in [0.25, 0.3) is 11.8 Å². The molecule has 2 aromatic rings. The predicted molar refractivity (Wildman–Crippen MR) is 124 cm³/mol. The molecule has 1 fully saturated rings. The largest absolute Gasteiger partial charge is 0.486 e. The lowest BCUT2D eigenvalue weighted by Gasteiger charge is -2.21. The van der Waals surface area contributed by atoms with Crippen LogP contribution in [-0.4, -0.2) is 65.5 Å². The summed E-state index contributed by atoms with van der Waals surface area (Å²) in [6.45, 7) is 4.10. The van der Waals surface area contributed by atoms with Crippen molar-refractivity contribution in [3.63, 3.8) is 0 Å². The Hall–Kier alpha value is -4.08. The van der Waals surface area contributed by atoms with Crippen LogP contribution in [0.5, 0.6) is 11.5 Å². The number of hydrogen-bond donors (Lipinski definition) is 3. The maximum atomic E-state index is 13.1. The SMILES string of the molecule is CC(C)C(=O)N1C[C@@H]2NC(=O)c3cc(cc(C(=O)O)c3)OCC(=O)NCc3ccc(cc3)O[C@H]2C1. The molecule has 4 bridgehead atoms. The number of carbonyl (C=O) groups excluding carboxylic acids is 3. The minimum atomic E-state index is -1.24. The van der Waals surface area contributed by atoms with E-state index in [9.17, 15) is 24.3 Å². The van der Waals surface area contributed by atoms with Gasteiger partial charge in [-0.1, -0.05) is 26.0 Å². The molecule has 3 aliphatic heterocycles. The van der Waals surface area contributed by atoms with Gasteiger partial charge < -0.3 is 30.1 Å². The number of likely N-dealkylation sites (tertiary alicyclic amines) is 1. The van der Waals surface area contributed by atoms with E-state index < -0.39 is 29.9 Å². The summed E-state index contributed by atoms with van der Waals surface area (Å²) >= 11 is 0. The number of benzene rings is 2. The molecular formula is C25H27N3O7. The molecule has 35 heavy (non-hydrogen) atoms. The van der Waals surface area contributed by atoms with Gasteiger partial charge in [-0.05, 0) is 35.9 Å². The van der Waals surface area contributed by atoms with Crippen LogP contribution >= 0.6 is 0 Å². The van der Waals surface area contributed by atoms with Crippen molar-refractivity contribution < 1.29 is 33.8 Å². The molecule has 0 unspecified atom stereocenters. The molecular weight excluding hydrogens is 454 g/mol. The minimum absolute atomic E-state index is 0.0489. The van der Waals surface area contributed by atoms with E-state index in [4.69, 9.17) is 9.47 Å². The third kappa shape index (κ3) is 5.71. The van der Waals surface area contributed by atoms with Gasteiger partial charge in [-0.3, -0.25) is 14.4 Å². The lowest BCUT2D eigenvalue weighted by Crippen LogP contribution is -2.45. The summed E-state index contributed by atoms with van der Waals surface area (Å²) in [5.41, 5.74) is 0.748. The van der Waals surface area contributed by atoms with Crippen LogP contribution in [0.25, 0.3) is 0 Å². The zero-order valence-electron chi connectivity index (χ0n) is 19.4. The highest BCUT2D eigenvalue weighted by Gasteiger charge is 2.38. The molecule has 10 heteroatoms. The number of carboxylic acid groups (broad SMARTS) is 1. The predicted octanol–water partition coefficient (Wildman–Crippen LogP) is 1.44. The molecule has 10 nitrogen and oxygen atoms in total. The van der Waals surface area contributed by atoms with Crippen molar-refractivity contribution in [1.82, 2.24) is 15.5 Å². The van der Waals surface area contributed by atoms with E-state index in [2.05, 4.69) is 10.6 Å². The summed E-state index contributed by atoms with van der Waals surface area (Å²) in [6, 6.07) is 10.5. The van der Waals surface area contributed by atoms with Crippen LogP contribution in [0.1, 0.15) is 40.1 Å². The third-order valence-corrected chi connectivity index (χ3v) is 5.87. The highest BCUT2D eigenvalue weighted by atomic mass is 16.5. The summed E-state index contributed by atoms with van der Waals surface area (Å²) in [6.07, 6.45) is -0.513. The number of rotatable bonds is 2. The Morgan fingerprint density at radius 2 is 1.80 bits per heavy atom. The molecule has 3 aliphatic rings. The van der Waals surface area contributed by atoms with Gasteiger partial charge in [0, 0.05) is 24.6 Å². The Labute approximate surface area is 202 Å². The van der Waals surface area contributed by atoms with Crippen LogP contribution in [0.2, 0.25) is 0 Å². The highest BCUT2D eigenvalue weighted by Crippen LogP contribution is 2.23. The number of carboxylic acids is 1. The second kappa shape index (κ2) is 10.0. The first kappa shape index (κ1) is 24.1. The molecule has 0 spiro atoms. The fourth-order valence-electron chi connectivity index (χ4n) is 4.03. The van der Waals surface area contributed by atoms with Gasteiger partial charge in [-0.2, -0.15) is 0 Å². The van der Waals surface area contributed by atoms with Crippen molar-refractivity contribution in [3.05, 3.63) is 59.2 Å². The Morgan fingerprint density at radius 3 is 2.49 bits per heavy atom. The van der Waals surface area contributed by atoms with Crippen molar-refractivity contribution in [2.45, 2.75) is 32.5 Å². The van der Waals surface area contributed by atoms with Gasteiger partial charge in [-0.15, -0.1) is 0 Å². The van der Waals surface area contributed by atoms with Gasteiger partial charge in [0.1, 0.15) is 17.6 Å². The number of nitrogens with one attached hydrogen (secondary N) is 2. The van der Waals surface area contributed by atoms with E-state index in [0.29, 0.717) is 12.3 Å². The van der Waals surface area contributed by atoms with Gasteiger partial charge in [0.05, 0.1) is 18.2 Å². The quantitative estimate of drug-likeness (QED) is 0.591. The van der Waals surface area contributed by atoms with Crippen LogP contribution in [0.3, 0.4) is 0 Å². The third-order valence-electron chi connectivity index (χ3n) is 5.87. The van der Waals surface area contributed by atoms with E-state index in [0.717, 1.165) is 5.56 Å². The van der Waals surface area contributed by atoms with Crippen LogP contribution < -0.4 is 20.1 Å². The Kier molecular flexibility index (Phi) is 6.90. The van der Waals surface area contributed by atoms with E-state index in [1.54, 1.807) is 17.0 Å². The molecule has 3 heterocycles.